The number of pyridine rings is 1. The fourth-order valence-corrected chi connectivity index (χ4v) is 3.07. The maximum Gasteiger partial charge on any atom is 0.492 e. The molecule has 142 valence electrons. The van der Waals surface area contributed by atoms with Gasteiger partial charge in [0.05, 0.1) is 21.7 Å². The van der Waals surface area contributed by atoms with E-state index in [0.717, 1.165) is 21.9 Å². The predicted molar refractivity (Wildman–Crippen MR) is 109 cm³/mol. The third-order valence-electron chi connectivity index (χ3n) is 5.16. The number of fused-ring (bicyclic) bond motifs is 1. The van der Waals surface area contributed by atoms with Crippen LogP contribution >= 0.6 is 11.6 Å². The Bertz CT molecular complexity index is 895. The minimum atomic E-state index is -0.540. The molecule has 1 saturated heterocycles. The minimum absolute atomic E-state index is 0.108. The van der Waals surface area contributed by atoms with Crippen LogP contribution in [0.5, 0.6) is 0 Å². The Morgan fingerprint density at radius 2 is 1.89 bits per heavy atom. The van der Waals surface area contributed by atoms with E-state index in [0.29, 0.717) is 11.6 Å². The van der Waals surface area contributed by atoms with Crippen molar-refractivity contribution in [2.24, 2.45) is 0 Å². The van der Waals surface area contributed by atoms with Gasteiger partial charge in [-0.3, -0.25) is 9.78 Å². The highest BCUT2D eigenvalue weighted by atomic mass is 35.5. The van der Waals surface area contributed by atoms with E-state index in [1.807, 2.05) is 52.0 Å². The van der Waals surface area contributed by atoms with Crippen molar-refractivity contribution in [3.05, 3.63) is 46.5 Å². The van der Waals surface area contributed by atoms with Crippen molar-refractivity contribution < 1.29 is 14.1 Å². The smallest absolute Gasteiger partial charge is 0.400 e. The number of carbonyl (C=O) groups is 1. The molecule has 0 spiro atoms. The summed E-state index contributed by atoms with van der Waals surface area (Å²) in [5.74, 6) is -0.108. The standard InChI is InChI=1S/C20H24BClN2O3/c1-13(25)24-12-15(21-26-19(2,3)20(4,5)27-21)10-14-6-7-18-16(11-14)17(22)8-9-23-18/h6-11H,12H2,1-5H3,(H,24,25). The molecule has 1 aromatic carbocycles. The first-order chi connectivity index (χ1) is 12.6. The average molecular weight is 387 g/mol. The molecule has 1 aromatic heterocycles. The van der Waals surface area contributed by atoms with Crippen molar-refractivity contribution in [3.63, 3.8) is 0 Å². The van der Waals surface area contributed by atoms with Crippen LogP contribution in [-0.4, -0.2) is 35.8 Å². The average Bonchev–Trinajstić information content (AvgIpc) is 2.79. The van der Waals surface area contributed by atoms with Crippen molar-refractivity contribution in [2.75, 3.05) is 6.54 Å². The molecule has 0 unspecified atom stereocenters. The van der Waals surface area contributed by atoms with Gasteiger partial charge in [0, 0.05) is 25.1 Å². The van der Waals surface area contributed by atoms with Gasteiger partial charge in [0.15, 0.2) is 0 Å². The van der Waals surface area contributed by atoms with Gasteiger partial charge in [0.25, 0.3) is 0 Å². The van der Waals surface area contributed by atoms with Crippen molar-refractivity contribution in [1.82, 2.24) is 10.3 Å². The van der Waals surface area contributed by atoms with Gasteiger partial charge < -0.3 is 14.6 Å². The lowest BCUT2D eigenvalue weighted by atomic mass is 9.77. The van der Waals surface area contributed by atoms with Gasteiger partial charge in [0.2, 0.25) is 5.91 Å². The van der Waals surface area contributed by atoms with E-state index in [1.165, 1.54) is 6.92 Å². The third kappa shape index (κ3) is 4.18. The van der Waals surface area contributed by atoms with E-state index in [2.05, 4.69) is 10.3 Å². The Labute approximate surface area is 165 Å². The second-order valence-corrected chi connectivity index (χ2v) is 8.19. The van der Waals surface area contributed by atoms with Gasteiger partial charge in [-0.25, -0.2) is 0 Å². The Hall–Kier alpha value is -1.89. The first-order valence-electron chi connectivity index (χ1n) is 8.94. The van der Waals surface area contributed by atoms with Crippen molar-refractivity contribution >= 4 is 41.6 Å². The summed E-state index contributed by atoms with van der Waals surface area (Å²) in [6, 6.07) is 7.63. The van der Waals surface area contributed by atoms with Gasteiger partial charge in [-0.05, 0) is 56.9 Å². The number of halogens is 1. The molecular weight excluding hydrogens is 362 g/mol. The normalized spacial score (nSPS) is 18.7. The molecule has 0 bridgehead atoms. The van der Waals surface area contributed by atoms with Crippen LogP contribution < -0.4 is 5.32 Å². The minimum Gasteiger partial charge on any atom is -0.400 e. The number of hydrogen-bond donors (Lipinski definition) is 1. The number of nitrogens with one attached hydrogen (secondary N) is 1. The lowest BCUT2D eigenvalue weighted by Gasteiger charge is -2.32. The van der Waals surface area contributed by atoms with E-state index in [9.17, 15) is 4.79 Å². The van der Waals surface area contributed by atoms with E-state index in [-0.39, 0.29) is 5.91 Å². The molecule has 1 N–H and O–H groups in total. The topological polar surface area (TPSA) is 60.5 Å². The third-order valence-corrected chi connectivity index (χ3v) is 5.49. The summed E-state index contributed by atoms with van der Waals surface area (Å²) in [5.41, 5.74) is 1.70. The molecule has 2 heterocycles. The highest BCUT2D eigenvalue weighted by Crippen LogP contribution is 2.38. The van der Waals surface area contributed by atoms with Gasteiger partial charge in [0.1, 0.15) is 0 Å². The van der Waals surface area contributed by atoms with Crippen molar-refractivity contribution in [1.29, 1.82) is 0 Å². The molecule has 27 heavy (non-hydrogen) atoms. The zero-order valence-electron chi connectivity index (χ0n) is 16.3. The van der Waals surface area contributed by atoms with E-state index in [4.69, 9.17) is 20.9 Å². The van der Waals surface area contributed by atoms with Crippen LogP contribution in [0, 0.1) is 0 Å². The molecule has 7 heteroatoms. The molecule has 1 amide bonds. The van der Waals surface area contributed by atoms with E-state index < -0.39 is 18.3 Å². The summed E-state index contributed by atoms with van der Waals surface area (Å²) in [7, 11) is -0.540. The maximum absolute atomic E-state index is 11.4. The molecule has 0 radical (unpaired) electrons. The zero-order valence-corrected chi connectivity index (χ0v) is 17.1. The summed E-state index contributed by atoms with van der Waals surface area (Å²) in [6.45, 7) is 9.85. The first-order valence-corrected chi connectivity index (χ1v) is 9.32. The molecule has 0 aliphatic carbocycles. The van der Waals surface area contributed by atoms with Crippen molar-refractivity contribution in [2.45, 2.75) is 45.8 Å². The van der Waals surface area contributed by atoms with Crippen LogP contribution in [0.2, 0.25) is 5.02 Å². The van der Waals surface area contributed by atoms with Gasteiger partial charge >= 0.3 is 7.12 Å². The molecule has 0 saturated carbocycles. The summed E-state index contributed by atoms with van der Waals surface area (Å²) in [4.78, 5) is 15.8. The molecule has 1 aliphatic heterocycles. The quantitative estimate of drug-likeness (QED) is 0.806. The van der Waals surface area contributed by atoms with Crippen LogP contribution in [0.3, 0.4) is 0 Å². The van der Waals surface area contributed by atoms with Gasteiger partial charge in [-0.1, -0.05) is 23.7 Å². The molecule has 1 aliphatic rings. The second kappa shape index (κ2) is 7.26. The number of amides is 1. The SMILES string of the molecule is CC(=O)NCC(=Cc1ccc2nccc(Cl)c2c1)B1OC(C)(C)C(C)(C)O1. The van der Waals surface area contributed by atoms with Crippen LogP contribution in [0.1, 0.15) is 40.2 Å². The number of hydrogen-bond acceptors (Lipinski definition) is 4. The number of nitrogens with zero attached hydrogens (tertiary/aromatic N) is 1. The monoisotopic (exact) mass is 386 g/mol. The summed E-state index contributed by atoms with van der Waals surface area (Å²) in [5, 5.41) is 4.36. The van der Waals surface area contributed by atoms with Crippen LogP contribution in [-0.2, 0) is 14.1 Å². The predicted octanol–water partition coefficient (Wildman–Crippen LogP) is 4.04. The Morgan fingerprint density at radius 1 is 1.22 bits per heavy atom. The van der Waals surface area contributed by atoms with E-state index in [1.54, 1.807) is 12.3 Å². The van der Waals surface area contributed by atoms with Gasteiger partial charge in [-0.2, -0.15) is 0 Å². The van der Waals surface area contributed by atoms with Crippen LogP contribution in [0.15, 0.2) is 35.9 Å². The Morgan fingerprint density at radius 3 is 2.52 bits per heavy atom. The highest BCUT2D eigenvalue weighted by molar-refractivity contribution is 6.56. The highest BCUT2D eigenvalue weighted by Gasteiger charge is 2.52. The number of aromatic nitrogens is 1. The fourth-order valence-electron chi connectivity index (χ4n) is 2.86. The van der Waals surface area contributed by atoms with E-state index >= 15 is 0 Å². The molecule has 5 nitrogen and oxygen atoms in total. The lowest BCUT2D eigenvalue weighted by Crippen LogP contribution is -2.41. The second-order valence-electron chi connectivity index (χ2n) is 7.79. The lowest BCUT2D eigenvalue weighted by molar-refractivity contribution is -0.118. The number of rotatable bonds is 4. The summed E-state index contributed by atoms with van der Waals surface area (Å²) in [6.07, 6.45) is 3.66. The largest absolute Gasteiger partial charge is 0.492 e. The Balaban J connectivity index is 1.98. The van der Waals surface area contributed by atoms with Crippen LogP contribution in [0.25, 0.3) is 17.0 Å². The van der Waals surface area contributed by atoms with Crippen LogP contribution in [0.4, 0.5) is 0 Å². The van der Waals surface area contributed by atoms with Gasteiger partial charge in [-0.15, -0.1) is 0 Å². The molecule has 3 rings (SSSR count). The summed E-state index contributed by atoms with van der Waals surface area (Å²) >= 11 is 6.30. The first kappa shape index (κ1) is 19.9. The fraction of sp³-hybridized carbons (Fsp3) is 0.400. The number of carbonyl (C=O) groups excluding carboxylic acids is 1. The Kier molecular flexibility index (Phi) is 5.34. The molecule has 2 aromatic rings. The van der Waals surface area contributed by atoms with Crippen molar-refractivity contribution in [3.8, 4) is 0 Å². The number of benzene rings is 1. The molecule has 1 fully saturated rings. The maximum atomic E-state index is 11.4. The summed E-state index contributed by atoms with van der Waals surface area (Å²) < 4.78 is 12.3. The molecular formula is C20H24BClN2O3. The zero-order chi connectivity index (χ0) is 19.8. The molecule has 0 atom stereocenters.